The van der Waals surface area contributed by atoms with Crippen molar-refractivity contribution in [1.82, 2.24) is 0 Å². The number of carboxylic acid groups (broad SMARTS) is 3. The van der Waals surface area contributed by atoms with Gasteiger partial charge in [0.1, 0.15) is 12.1 Å². The molecule has 126 valence electrons. The van der Waals surface area contributed by atoms with E-state index in [0.29, 0.717) is 12.3 Å². The minimum Gasteiger partial charge on any atom is -0.480 e. The Morgan fingerprint density at radius 2 is 1.29 bits per heavy atom. The van der Waals surface area contributed by atoms with Gasteiger partial charge in [0.2, 0.25) is 0 Å². The maximum Gasteiger partial charge on any atom is 0.322 e. The van der Waals surface area contributed by atoms with Crippen LogP contribution in [0.5, 0.6) is 0 Å². The Balaban J connectivity index is -0.000000242. The van der Waals surface area contributed by atoms with Crippen molar-refractivity contribution in [2.45, 2.75) is 32.4 Å². The molecule has 0 aromatic rings. The first-order valence-corrected chi connectivity index (χ1v) is 5.98. The third-order valence-electron chi connectivity index (χ3n) is 1.73. The fourth-order valence-corrected chi connectivity index (χ4v) is 0.687. The number of rotatable bonds is 6. The second-order valence-corrected chi connectivity index (χ2v) is 4.30. The summed E-state index contributed by atoms with van der Waals surface area (Å²) in [5.74, 6) is -2.70. The maximum atomic E-state index is 10.1. The van der Waals surface area contributed by atoms with E-state index in [1.54, 1.807) is 0 Å². The minimum atomic E-state index is -1.18. The first-order chi connectivity index (χ1) is 9.49. The predicted octanol–water partition coefficient (Wildman–Crippen LogP) is -2.14. The molecular weight excluding hydrogens is 286 g/mol. The van der Waals surface area contributed by atoms with Crippen molar-refractivity contribution in [2.24, 2.45) is 23.1 Å². The predicted molar refractivity (Wildman–Crippen MR) is 74.5 cm³/mol. The third kappa shape index (κ3) is 23.7. The molecule has 0 aromatic heterocycles. The molecule has 2 unspecified atom stereocenters. The number of hydrogen-bond donors (Lipinski definition) is 7. The summed E-state index contributed by atoms with van der Waals surface area (Å²) < 4.78 is 0. The summed E-state index contributed by atoms with van der Waals surface area (Å²) >= 11 is 0. The molecule has 0 spiro atoms. The lowest BCUT2D eigenvalue weighted by Gasteiger charge is -2.07. The van der Waals surface area contributed by atoms with Crippen molar-refractivity contribution in [1.29, 1.82) is 0 Å². The van der Waals surface area contributed by atoms with Crippen LogP contribution in [0.25, 0.3) is 0 Å². The average Bonchev–Trinajstić information content (AvgIpc) is 2.38. The molecule has 0 aliphatic heterocycles. The molecule has 2 atom stereocenters. The Hall–Kier alpha value is -1.75. The summed E-state index contributed by atoms with van der Waals surface area (Å²) in [4.78, 5) is 29.0. The Kier molecular flexibility index (Phi) is 16.9. The zero-order valence-corrected chi connectivity index (χ0v) is 12.1. The van der Waals surface area contributed by atoms with E-state index in [1.165, 1.54) is 0 Å². The molecule has 0 amide bonds. The lowest BCUT2D eigenvalue weighted by atomic mass is 10.1. The second-order valence-electron chi connectivity index (χ2n) is 4.30. The van der Waals surface area contributed by atoms with E-state index in [9.17, 15) is 14.4 Å². The largest absolute Gasteiger partial charge is 0.480 e. The SMILES string of the molecule is CC(C)CC(N)C(=O)O.NC(CO)C(=O)O.NCC(=O)O. The van der Waals surface area contributed by atoms with Gasteiger partial charge >= 0.3 is 17.9 Å². The summed E-state index contributed by atoms with van der Waals surface area (Å²) in [6, 6.07) is -1.81. The minimum absolute atomic E-state index is 0.278. The van der Waals surface area contributed by atoms with Gasteiger partial charge in [-0.15, -0.1) is 0 Å². The van der Waals surface area contributed by atoms with Gasteiger partial charge in [-0.2, -0.15) is 0 Å². The smallest absolute Gasteiger partial charge is 0.322 e. The summed E-state index contributed by atoms with van der Waals surface area (Å²) in [6.07, 6.45) is 0.551. The molecule has 0 heterocycles. The van der Waals surface area contributed by atoms with E-state index in [1.807, 2.05) is 13.8 Å². The number of aliphatic hydroxyl groups excluding tert-OH is 1. The molecule has 10 N–H and O–H groups in total. The van der Waals surface area contributed by atoms with Crippen LogP contribution in [0.1, 0.15) is 20.3 Å². The van der Waals surface area contributed by atoms with Gasteiger partial charge in [-0.05, 0) is 12.3 Å². The number of aliphatic carboxylic acids is 3. The summed E-state index contributed by atoms with van der Waals surface area (Å²) in [6.45, 7) is 3.11. The number of hydrogen-bond acceptors (Lipinski definition) is 7. The molecular formula is C11H25N3O7. The lowest BCUT2D eigenvalue weighted by Crippen LogP contribution is -2.33. The fourth-order valence-electron chi connectivity index (χ4n) is 0.687. The maximum absolute atomic E-state index is 10.1. The van der Waals surface area contributed by atoms with E-state index in [2.05, 4.69) is 5.73 Å². The van der Waals surface area contributed by atoms with Crippen molar-refractivity contribution in [2.75, 3.05) is 13.2 Å². The van der Waals surface area contributed by atoms with Crippen molar-refractivity contribution in [3.8, 4) is 0 Å². The number of carboxylic acids is 3. The van der Waals surface area contributed by atoms with Crippen LogP contribution in [-0.2, 0) is 14.4 Å². The molecule has 0 saturated heterocycles. The Bertz CT molecular complexity index is 310. The molecule has 0 aliphatic rings. The van der Waals surface area contributed by atoms with Gasteiger partial charge in [0.15, 0.2) is 0 Å². The van der Waals surface area contributed by atoms with Crippen LogP contribution in [-0.4, -0.2) is 63.6 Å². The summed E-state index contributed by atoms with van der Waals surface area (Å²) in [5.41, 5.74) is 14.6. The standard InChI is InChI=1S/C6H13NO2.C3H7NO3.C2H5NO2/c1-4(2)3-5(7)6(8)9;4-2(1-5)3(6)7;3-1-2(4)5/h4-5H,3,7H2,1-2H3,(H,8,9);2,5H,1,4H2,(H,6,7);1,3H2,(H,4,5). The molecule has 0 radical (unpaired) electrons. The molecule has 0 rings (SSSR count). The highest BCUT2D eigenvalue weighted by atomic mass is 16.4. The van der Waals surface area contributed by atoms with Crippen LogP contribution in [0.3, 0.4) is 0 Å². The van der Waals surface area contributed by atoms with E-state index in [0.717, 1.165) is 0 Å². The highest BCUT2D eigenvalue weighted by molar-refractivity contribution is 5.73. The second kappa shape index (κ2) is 14.7. The van der Waals surface area contributed by atoms with Crippen molar-refractivity contribution < 1.29 is 34.8 Å². The molecule has 0 aromatic carbocycles. The molecule has 0 bridgehead atoms. The number of nitrogens with two attached hydrogens (primary N) is 3. The van der Waals surface area contributed by atoms with Gasteiger partial charge < -0.3 is 37.6 Å². The van der Waals surface area contributed by atoms with Crippen LogP contribution < -0.4 is 17.2 Å². The monoisotopic (exact) mass is 311 g/mol. The Morgan fingerprint density at radius 1 is 0.952 bits per heavy atom. The van der Waals surface area contributed by atoms with E-state index < -0.39 is 36.6 Å². The van der Waals surface area contributed by atoms with Crippen LogP contribution >= 0.6 is 0 Å². The average molecular weight is 311 g/mol. The zero-order valence-electron chi connectivity index (χ0n) is 12.1. The first-order valence-electron chi connectivity index (χ1n) is 5.98. The van der Waals surface area contributed by atoms with E-state index >= 15 is 0 Å². The van der Waals surface area contributed by atoms with Gasteiger partial charge in [-0.1, -0.05) is 13.8 Å². The van der Waals surface area contributed by atoms with Gasteiger partial charge in [0, 0.05) is 0 Å². The Morgan fingerprint density at radius 3 is 1.33 bits per heavy atom. The summed E-state index contributed by atoms with van der Waals surface area (Å²) in [7, 11) is 0. The van der Waals surface area contributed by atoms with Crippen molar-refractivity contribution >= 4 is 17.9 Å². The van der Waals surface area contributed by atoms with Gasteiger partial charge in [-0.3, -0.25) is 14.4 Å². The van der Waals surface area contributed by atoms with Crippen molar-refractivity contribution in [3.63, 3.8) is 0 Å². The Labute approximate surface area is 122 Å². The normalized spacial score (nSPS) is 12.1. The third-order valence-corrected chi connectivity index (χ3v) is 1.73. The van der Waals surface area contributed by atoms with Crippen LogP contribution in [0.4, 0.5) is 0 Å². The molecule has 0 aliphatic carbocycles. The molecule has 10 heteroatoms. The van der Waals surface area contributed by atoms with Crippen molar-refractivity contribution in [3.05, 3.63) is 0 Å². The zero-order chi connectivity index (χ0) is 17.6. The first kappa shape index (κ1) is 24.3. The van der Waals surface area contributed by atoms with Crippen LogP contribution in [0.15, 0.2) is 0 Å². The van der Waals surface area contributed by atoms with Crippen LogP contribution in [0, 0.1) is 5.92 Å². The lowest BCUT2D eigenvalue weighted by molar-refractivity contribution is -0.140. The number of carbonyl (C=O) groups is 3. The molecule has 0 saturated carbocycles. The highest BCUT2D eigenvalue weighted by Crippen LogP contribution is 2.01. The molecule has 0 fully saturated rings. The summed E-state index contributed by atoms with van der Waals surface area (Å²) in [5, 5.41) is 31.8. The topological polar surface area (TPSA) is 210 Å². The van der Waals surface area contributed by atoms with E-state index in [-0.39, 0.29) is 6.54 Å². The fraction of sp³-hybridized carbons (Fsp3) is 0.727. The molecule has 21 heavy (non-hydrogen) atoms. The highest BCUT2D eigenvalue weighted by Gasteiger charge is 2.11. The van der Waals surface area contributed by atoms with Crippen LogP contribution in [0.2, 0.25) is 0 Å². The van der Waals surface area contributed by atoms with E-state index in [4.69, 9.17) is 31.9 Å². The van der Waals surface area contributed by atoms with Gasteiger partial charge in [0.25, 0.3) is 0 Å². The van der Waals surface area contributed by atoms with Gasteiger partial charge in [0.05, 0.1) is 13.2 Å². The molecule has 10 nitrogen and oxygen atoms in total. The number of aliphatic hydroxyl groups is 1. The quantitative estimate of drug-likeness (QED) is 0.283. The van der Waals surface area contributed by atoms with Gasteiger partial charge in [-0.25, -0.2) is 0 Å².